The summed E-state index contributed by atoms with van der Waals surface area (Å²) in [6, 6.07) is 4.89. The van der Waals surface area contributed by atoms with Crippen LogP contribution in [0.5, 0.6) is 0 Å². The normalized spacial score (nSPS) is 13.8. The van der Waals surface area contributed by atoms with Gasteiger partial charge in [-0.05, 0) is 12.1 Å². The number of para-hydroxylation sites is 1. The van der Waals surface area contributed by atoms with E-state index in [1.807, 2.05) is 17.7 Å². The Hall–Kier alpha value is -2.74. The monoisotopic (exact) mass is 342 g/mol. The number of amides is 1. The van der Waals surface area contributed by atoms with Crippen molar-refractivity contribution >= 4 is 16.9 Å². The molecule has 0 fully saturated rings. The van der Waals surface area contributed by atoms with Gasteiger partial charge in [-0.2, -0.15) is 5.10 Å². The van der Waals surface area contributed by atoms with Gasteiger partial charge in [-0.25, -0.2) is 9.37 Å². The van der Waals surface area contributed by atoms with Gasteiger partial charge >= 0.3 is 0 Å². The van der Waals surface area contributed by atoms with Crippen LogP contribution in [-0.4, -0.2) is 38.7 Å². The predicted molar refractivity (Wildman–Crippen MR) is 90.7 cm³/mol. The quantitative estimate of drug-likeness (QED) is 0.661. The molecule has 1 amide bonds. The first-order valence-corrected chi connectivity index (χ1v) is 8.30. The van der Waals surface area contributed by atoms with Crippen LogP contribution in [0.15, 0.2) is 18.2 Å². The maximum atomic E-state index is 13.8. The molecular formula is C17H19FN6O. The Balaban J connectivity index is 1.44. The maximum Gasteiger partial charge on any atom is 0.272 e. The minimum absolute atomic E-state index is 0.203. The van der Waals surface area contributed by atoms with Crippen LogP contribution in [0.25, 0.3) is 11.0 Å². The maximum absolute atomic E-state index is 13.8. The van der Waals surface area contributed by atoms with Gasteiger partial charge in [0.15, 0.2) is 11.5 Å². The number of aryl methyl sites for hydroxylation is 1. The van der Waals surface area contributed by atoms with Crippen LogP contribution in [0, 0.1) is 5.82 Å². The van der Waals surface area contributed by atoms with Gasteiger partial charge in [-0.15, -0.1) is 0 Å². The molecule has 0 radical (unpaired) electrons. The van der Waals surface area contributed by atoms with Crippen molar-refractivity contribution in [1.29, 1.82) is 0 Å². The molecule has 0 saturated carbocycles. The van der Waals surface area contributed by atoms with E-state index in [1.54, 1.807) is 6.07 Å². The van der Waals surface area contributed by atoms with Crippen molar-refractivity contribution in [2.75, 3.05) is 13.1 Å². The number of imidazole rings is 1. The number of nitrogens with one attached hydrogen (secondary N) is 3. The average molecular weight is 342 g/mol. The number of aromatic nitrogens is 4. The van der Waals surface area contributed by atoms with Gasteiger partial charge in [-0.3, -0.25) is 9.89 Å². The number of rotatable bonds is 4. The Labute approximate surface area is 143 Å². The van der Waals surface area contributed by atoms with Gasteiger partial charge in [0.2, 0.25) is 0 Å². The highest BCUT2D eigenvalue weighted by molar-refractivity contribution is 5.94. The first kappa shape index (κ1) is 15.8. The highest BCUT2D eigenvalue weighted by Crippen LogP contribution is 2.18. The van der Waals surface area contributed by atoms with Gasteiger partial charge in [0, 0.05) is 50.8 Å². The molecule has 0 spiro atoms. The zero-order valence-electron chi connectivity index (χ0n) is 13.9. The van der Waals surface area contributed by atoms with Crippen molar-refractivity contribution in [3.8, 4) is 0 Å². The number of hydrogen-bond acceptors (Lipinski definition) is 4. The minimum atomic E-state index is -0.334. The molecule has 0 aliphatic carbocycles. The highest BCUT2D eigenvalue weighted by Gasteiger charge is 2.21. The Kier molecular flexibility index (Phi) is 3.96. The van der Waals surface area contributed by atoms with Crippen LogP contribution < -0.4 is 10.6 Å². The smallest absolute Gasteiger partial charge is 0.272 e. The Bertz CT molecular complexity index is 944. The molecule has 1 aliphatic rings. The van der Waals surface area contributed by atoms with E-state index in [-0.39, 0.29) is 11.7 Å². The number of benzene rings is 1. The fourth-order valence-electron chi connectivity index (χ4n) is 3.24. The Morgan fingerprint density at radius 3 is 3.16 bits per heavy atom. The van der Waals surface area contributed by atoms with Crippen molar-refractivity contribution in [2.45, 2.75) is 19.4 Å². The lowest BCUT2D eigenvalue weighted by Gasteiger charge is -2.12. The van der Waals surface area contributed by atoms with E-state index in [0.717, 1.165) is 35.6 Å². The second kappa shape index (κ2) is 6.29. The van der Waals surface area contributed by atoms with Gasteiger partial charge < -0.3 is 15.2 Å². The lowest BCUT2D eigenvalue weighted by Crippen LogP contribution is -2.30. The lowest BCUT2D eigenvalue weighted by atomic mass is 10.1. The zero-order chi connectivity index (χ0) is 17.4. The molecule has 8 heteroatoms. The fourth-order valence-corrected chi connectivity index (χ4v) is 3.24. The minimum Gasteiger partial charge on any atom is -0.350 e. The summed E-state index contributed by atoms with van der Waals surface area (Å²) in [5, 5.41) is 13.2. The van der Waals surface area contributed by atoms with E-state index in [9.17, 15) is 9.18 Å². The van der Waals surface area contributed by atoms with Crippen molar-refractivity contribution in [3.63, 3.8) is 0 Å². The van der Waals surface area contributed by atoms with E-state index in [4.69, 9.17) is 0 Å². The molecule has 25 heavy (non-hydrogen) atoms. The van der Waals surface area contributed by atoms with E-state index in [1.165, 1.54) is 6.07 Å². The summed E-state index contributed by atoms with van der Waals surface area (Å²) < 4.78 is 15.7. The molecular weight excluding hydrogens is 323 g/mol. The fraction of sp³-hybridized carbons (Fsp3) is 0.353. The summed E-state index contributed by atoms with van der Waals surface area (Å²) in [7, 11) is 1.85. The lowest BCUT2D eigenvalue weighted by molar-refractivity contribution is 0.0947. The third-order valence-electron chi connectivity index (χ3n) is 4.61. The van der Waals surface area contributed by atoms with Crippen LogP contribution in [0.3, 0.4) is 0 Å². The van der Waals surface area contributed by atoms with E-state index >= 15 is 0 Å². The summed E-state index contributed by atoms with van der Waals surface area (Å²) in [5.41, 5.74) is 3.51. The number of hydrogen-bond donors (Lipinski definition) is 3. The topological polar surface area (TPSA) is 87.6 Å². The first-order valence-electron chi connectivity index (χ1n) is 8.30. The number of carbonyl (C=O) groups is 1. The highest BCUT2D eigenvalue weighted by atomic mass is 19.1. The van der Waals surface area contributed by atoms with E-state index in [0.29, 0.717) is 30.7 Å². The number of nitrogens with zero attached hydrogens (tertiary/aromatic N) is 3. The molecule has 0 atom stereocenters. The molecule has 1 aromatic carbocycles. The van der Waals surface area contributed by atoms with E-state index in [2.05, 4.69) is 25.8 Å². The SMILES string of the molecule is Cn1c(CCNC(=O)c2n[nH]c3c2CNCC3)nc2c(F)cccc21. The van der Waals surface area contributed by atoms with Gasteiger partial charge in [-0.1, -0.05) is 6.07 Å². The standard InChI is InChI=1S/C17H19FN6O/c1-24-13-4-2-3-11(18)16(13)21-14(24)6-8-20-17(25)15-10-9-19-7-5-12(10)22-23-15/h2-4,19H,5-9H2,1H3,(H,20,25)(H,22,23). The second-order valence-electron chi connectivity index (χ2n) is 6.16. The van der Waals surface area contributed by atoms with Gasteiger partial charge in [0.1, 0.15) is 11.3 Å². The van der Waals surface area contributed by atoms with Crippen molar-refractivity contribution in [3.05, 3.63) is 46.8 Å². The molecule has 2 aromatic heterocycles. The predicted octanol–water partition coefficient (Wildman–Crippen LogP) is 1.05. The molecule has 3 aromatic rings. The van der Waals surface area contributed by atoms with Gasteiger partial charge in [0.25, 0.3) is 5.91 Å². The molecule has 3 N–H and O–H groups in total. The molecule has 0 saturated heterocycles. The van der Waals surface area contributed by atoms with Crippen LogP contribution in [-0.2, 0) is 26.4 Å². The average Bonchev–Trinajstić information content (AvgIpc) is 3.18. The molecule has 4 rings (SSSR count). The molecule has 3 heterocycles. The largest absolute Gasteiger partial charge is 0.350 e. The van der Waals surface area contributed by atoms with Crippen molar-refractivity contribution < 1.29 is 9.18 Å². The molecule has 1 aliphatic heterocycles. The summed E-state index contributed by atoms with van der Waals surface area (Å²) in [5.74, 6) is 0.191. The van der Waals surface area contributed by atoms with Crippen molar-refractivity contribution in [2.24, 2.45) is 7.05 Å². The van der Waals surface area contributed by atoms with Crippen LogP contribution in [0.1, 0.15) is 27.6 Å². The third-order valence-corrected chi connectivity index (χ3v) is 4.61. The number of aromatic amines is 1. The summed E-state index contributed by atoms with van der Waals surface area (Å²) in [6.07, 6.45) is 1.36. The van der Waals surface area contributed by atoms with Crippen LogP contribution in [0.4, 0.5) is 4.39 Å². The van der Waals surface area contributed by atoms with Crippen molar-refractivity contribution in [1.82, 2.24) is 30.4 Å². The number of H-pyrrole nitrogens is 1. The molecule has 7 nitrogen and oxygen atoms in total. The number of fused-ring (bicyclic) bond motifs is 2. The third kappa shape index (κ3) is 2.78. The molecule has 0 bridgehead atoms. The van der Waals surface area contributed by atoms with Crippen LogP contribution >= 0.6 is 0 Å². The Morgan fingerprint density at radius 2 is 2.32 bits per heavy atom. The number of carbonyl (C=O) groups excluding carboxylic acids is 1. The summed E-state index contributed by atoms with van der Waals surface area (Å²) in [4.78, 5) is 16.7. The van der Waals surface area contributed by atoms with Crippen LogP contribution in [0.2, 0.25) is 0 Å². The van der Waals surface area contributed by atoms with Gasteiger partial charge in [0.05, 0.1) is 5.52 Å². The first-order chi connectivity index (χ1) is 12.1. The molecule has 0 unspecified atom stereocenters. The summed E-state index contributed by atoms with van der Waals surface area (Å²) in [6.45, 7) is 1.95. The Morgan fingerprint density at radius 1 is 1.44 bits per heavy atom. The zero-order valence-corrected chi connectivity index (χ0v) is 13.9. The number of halogens is 1. The summed E-state index contributed by atoms with van der Waals surface area (Å²) >= 11 is 0. The molecule has 130 valence electrons. The van der Waals surface area contributed by atoms with E-state index < -0.39 is 0 Å². The second-order valence-corrected chi connectivity index (χ2v) is 6.16.